The Bertz CT molecular complexity index is 506. The van der Waals surface area contributed by atoms with E-state index in [9.17, 15) is 0 Å². The van der Waals surface area contributed by atoms with Crippen LogP contribution < -0.4 is 0 Å². The molecular formula is C13H18N2S. The molecule has 2 heterocycles. The van der Waals surface area contributed by atoms with Gasteiger partial charge in [0, 0.05) is 10.8 Å². The van der Waals surface area contributed by atoms with Crippen LogP contribution in [0.3, 0.4) is 0 Å². The summed E-state index contributed by atoms with van der Waals surface area (Å²) in [6.45, 7) is 10.9. The van der Waals surface area contributed by atoms with E-state index in [4.69, 9.17) is 0 Å². The molecule has 0 saturated carbocycles. The van der Waals surface area contributed by atoms with E-state index in [0.717, 1.165) is 11.4 Å². The van der Waals surface area contributed by atoms with Crippen molar-refractivity contribution in [2.24, 2.45) is 0 Å². The fourth-order valence-electron chi connectivity index (χ4n) is 1.83. The van der Waals surface area contributed by atoms with Crippen molar-refractivity contribution >= 4 is 21.4 Å². The van der Waals surface area contributed by atoms with Crippen LogP contribution in [0.2, 0.25) is 0 Å². The lowest BCUT2D eigenvalue weighted by Gasteiger charge is -2.19. The Balaban J connectivity index is 2.74. The van der Waals surface area contributed by atoms with Crippen molar-refractivity contribution in [1.29, 1.82) is 0 Å². The maximum atomic E-state index is 4.43. The maximum absolute atomic E-state index is 4.43. The van der Waals surface area contributed by atoms with Crippen LogP contribution in [0.4, 0.5) is 0 Å². The van der Waals surface area contributed by atoms with Gasteiger partial charge in [-0.3, -0.25) is 0 Å². The molecule has 0 N–H and O–H groups in total. The highest BCUT2D eigenvalue weighted by molar-refractivity contribution is 7.17. The Labute approximate surface area is 101 Å². The molecule has 0 aromatic carbocycles. The van der Waals surface area contributed by atoms with E-state index >= 15 is 0 Å². The van der Waals surface area contributed by atoms with E-state index in [-0.39, 0.29) is 5.41 Å². The van der Waals surface area contributed by atoms with Gasteiger partial charge in [0.15, 0.2) is 0 Å². The highest BCUT2D eigenvalue weighted by atomic mass is 32.1. The third-order valence-corrected chi connectivity index (χ3v) is 3.60. The molecule has 0 bridgehead atoms. The molecule has 2 aromatic rings. The van der Waals surface area contributed by atoms with E-state index < -0.39 is 0 Å². The predicted octanol–water partition coefficient (Wildman–Crippen LogP) is 4.11. The highest BCUT2D eigenvalue weighted by Gasteiger charge is 2.22. The van der Waals surface area contributed by atoms with Crippen LogP contribution in [0.15, 0.2) is 11.4 Å². The molecule has 0 saturated heterocycles. The quantitative estimate of drug-likeness (QED) is 0.742. The van der Waals surface area contributed by atoms with Crippen LogP contribution in [0, 0.1) is 0 Å². The average molecular weight is 234 g/mol. The molecule has 0 radical (unpaired) electrons. The number of hydrogen-bond acceptors (Lipinski definition) is 3. The molecule has 0 fully saturated rings. The van der Waals surface area contributed by atoms with Crippen LogP contribution in [-0.4, -0.2) is 10.2 Å². The van der Waals surface area contributed by atoms with E-state index in [1.807, 2.05) is 0 Å². The smallest absolute Gasteiger partial charge is 0.0834 e. The molecule has 2 aromatic heterocycles. The zero-order chi connectivity index (χ0) is 11.9. The van der Waals surface area contributed by atoms with E-state index in [2.05, 4.69) is 56.3 Å². The molecule has 0 unspecified atom stereocenters. The van der Waals surface area contributed by atoms with Gasteiger partial charge in [-0.05, 0) is 17.4 Å². The second-order valence-corrected chi connectivity index (χ2v) is 6.42. The topological polar surface area (TPSA) is 25.8 Å². The van der Waals surface area contributed by atoms with Crippen molar-refractivity contribution in [3.8, 4) is 0 Å². The van der Waals surface area contributed by atoms with Gasteiger partial charge in [0.1, 0.15) is 0 Å². The van der Waals surface area contributed by atoms with Gasteiger partial charge in [-0.25, -0.2) is 0 Å². The Hall–Kier alpha value is -0.960. The summed E-state index contributed by atoms with van der Waals surface area (Å²) >= 11 is 1.77. The van der Waals surface area contributed by atoms with Crippen LogP contribution in [-0.2, 0) is 5.41 Å². The number of fused-ring (bicyclic) bond motifs is 1. The Morgan fingerprint density at radius 1 is 1.19 bits per heavy atom. The minimum Gasteiger partial charge on any atom is -0.154 e. The number of rotatable bonds is 1. The second kappa shape index (κ2) is 3.81. The van der Waals surface area contributed by atoms with E-state index in [1.165, 1.54) is 10.1 Å². The minimum atomic E-state index is 0.0574. The molecule has 16 heavy (non-hydrogen) atoms. The second-order valence-electron chi connectivity index (χ2n) is 5.50. The monoisotopic (exact) mass is 234 g/mol. The number of nitrogens with zero attached hydrogens (tertiary/aromatic N) is 2. The van der Waals surface area contributed by atoms with Gasteiger partial charge in [-0.1, -0.05) is 34.6 Å². The molecule has 0 aliphatic rings. The summed E-state index contributed by atoms with van der Waals surface area (Å²) < 4.78 is 1.30. The number of aromatic nitrogens is 2. The molecule has 0 aliphatic carbocycles. The summed E-state index contributed by atoms with van der Waals surface area (Å²) in [4.78, 5) is 0. The van der Waals surface area contributed by atoms with Gasteiger partial charge in [-0.15, -0.1) is 11.3 Å². The first-order valence-corrected chi connectivity index (χ1v) is 6.53. The van der Waals surface area contributed by atoms with Crippen molar-refractivity contribution in [3.05, 3.63) is 22.8 Å². The molecule has 0 spiro atoms. The Kier molecular flexibility index (Phi) is 2.74. The first-order chi connectivity index (χ1) is 7.41. The SMILES string of the molecule is CC(C)c1nnc(C(C)(C)C)c2ccsc12. The largest absolute Gasteiger partial charge is 0.154 e. The molecule has 0 aliphatic heterocycles. The summed E-state index contributed by atoms with van der Waals surface area (Å²) in [5, 5.41) is 12.2. The molecule has 0 atom stereocenters. The summed E-state index contributed by atoms with van der Waals surface area (Å²) in [5.41, 5.74) is 2.29. The average Bonchev–Trinajstić information content (AvgIpc) is 2.61. The number of hydrogen-bond donors (Lipinski definition) is 0. The first-order valence-electron chi connectivity index (χ1n) is 5.65. The third kappa shape index (κ3) is 1.84. The maximum Gasteiger partial charge on any atom is 0.0834 e. The molecule has 86 valence electrons. The summed E-state index contributed by atoms with van der Waals surface area (Å²) in [7, 11) is 0. The zero-order valence-corrected chi connectivity index (χ0v) is 11.4. The van der Waals surface area contributed by atoms with Crippen molar-refractivity contribution in [3.63, 3.8) is 0 Å². The van der Waals surface area contributed by atoms with E-state index in [1.54, 1.807) is 11.3 Å². The molecule has 2 rings (SSSR count). The third-order valence-electron chi connectivity index (χ3n) is 2.67. The lowest BCUT2D eigenvalue weighted by Crippen LogP contribution is -2.15. The summed E-state index contributed by atoms with van der Waals surface area (Å²) in [5.74, 6) is 0.433. The molecule has 2 nitrogen and oxygen atoms in total. The standard InChI is InChI=1S/C13H18N2S/c1-8(2)10-11-9(6-7-16-11)12(15-14-10)13(3,4)5/h6-8H,1-5H3. The van der Waals surface area contributed by atoms with Crippen molar-refractivity contribution in [1.82, 2.24) is 10.2 Å². The van der Waals surface area contributed by atoms with Gasteiger partial charge in [0.25, 0.3) is 0 Å². The van der Waals surface area contributed by atoms with Crippen molar-refractivity contribution in [2.45, 2.75) is 46.0 Å². The van der Waals surface area contributed by atoms with Crippen molar-refractivity contribution < 1.29 is 0 Å². The van der Waals surface area contributed by atoms with Crippen LogP contribution >= 0.6 is 11.3 Å². The van der Waals surface area contributed by atoms with E-state index in [0.29, 0.717) is 5.92 Å². The van der Waals surface area contributed by atoms with Crippen LogP contribution in [0.5, 0.6) is 0 Å². The van der Waals surface area contributed by atoms with Gasteiger partial charge < -0.3 is 0 Å². The Morgan fingerprint density at radius 2 is 1.88 bits per heavy atom. The summed E-state index contributed by atoms with van der Waals surface area (Å²) in [6, 6.07) is 2.17. The van der Waals surface area contributed by atoms with Crippen LogP contribution in [0.25, 0.3) is 10.1 Å². The summed E-state index contributed by atoms with van der Waals surface area (Å²) in [6.07, 6.45) is 0. The normalized spacial score (nSPS) is 12.6. The lowest BCUT2D eigenvalue weighted by molar-refractivity contribution is 0.562. The fraction of sp³-hybridized carbons (Fsp3) is 0.538. The lowest BCUT2D eigenvalue weighted by atomic mass is 9.89. The highest BCUT2D eigenvalue weighted by Crippen LogP contribution is 2.34. The zero-order valence-electron chi connectivity index (χ0n) is 10.5. The van der Waals surface area contributed by atoms with Gasteiger partial charge in [0.05, 0.1) is 16.1 Å². The van der Waals surface area contributed by atoms with Gasteiger partial charge >= 0.3 is 0 Å². The fourth-order valence-corrected chi connectivity index (χ4v) is 2.86. The van der Waals surface area contributed by atoms with Crippen molar-refractivity contribution in [2.75, 3.05) is 0 Å². The predicted molar refractivity (Wildman–Crippen MR) is 70.2 cm³/mol. The number of thiophene rings is 1. The molecular weight excluding hydrogens is 216 g/mol. The minimum absolute atomic E-state index is 0.0574. The molecule has 0 amide bonds. The van der Waals surface area contributed by atoms with Gasteiger partial charge in [0.2, 0.25) is 0 Å². The molecule has 3 heteroatoms. The first kappa shape index (κ1) is 11.5. The Morgan fingerprint density at radius 3 is 2.44 bits per heavy atom. The van der Waals surface area contributed by atoms with Crippen LogP contribution in [0.1, 0.15) is 51.9 Å². The van der Waals surface area contributed by atoms with Gasteiger partial charge in [-0.2, -0.15) is 10.2 Å².